The lowest BCUT2D eigenvalue weighted by molar-refractivity contribution is -0.142. The van der Waals surface area contributed by atoms with Gasteiger partial charge in [0.2, 0.25) is 0 Å². The highest BCUT2D eigenvalue weighted by Gasteiger charge is 2.25. The standard InChI is InChI=1S/C21H21BrN2O4/c1-13(2)18(21(27)28)24-20(26)17(12-14-8-10-16(22)11-9-14)23-19(25)15-6-4-3-5-7-15/h3-13,18H,1-2H3,(H,23,25)(H,24,26)(H,27,28). The molecule has 6 nitrogen and oxygen atoms in total. The highest BCUT2D eigenvalue weighted by molar-refractivity contribution is 9.10. The Balaban J connectivity index is 2.32. The fourth-order valence-electron chi connectivity index (χ4n) is 2.40. The molecule has 146 valence electrons. The number of benzene rings is 2. The van der Waals surface area contributed by atoms with Crippen LogP contribution in [0.2, 0.25) is 0 Å². The van der Waals surface area contributed by atoms with Gasteiger partial charge in [-0.1, -0.05) is 60.1 Å². The Bertz CT molecular complexity index is 877. The number of hydrogen-bond donors (Lipinski definition) is 3. The van der Waals surface area contributed by atoms with Gasteiger partial charge in [-0.05, 0) is 41.8 Å². The molecule has 1 unspecified atom stereocenters. The summed E-state index contributed by atoms with van der Waals surface area (Å²) in [6, 6.07) is 14.5. The number of aliphatic carboxylic acids is 1. The van der Waals surface area contributed by atoms with E-state index in [-0.39, 0.29) is 11.6 Å². The second kappa shape index (κ2) is 9.85. The molecule has 0 saturated carbocycles. The summed E-state index contributed by atoms with van der Waals surface area (Å²) in [5.74, 6) is -2.59. The third-order valence-electron chi connectivity index (χ3n) is 3.93. The summed E-state index contributed by atoms with van der Waals surface area (Å²) < 4.78 is 0.870. The van der Waals surface area contributed by atoms with E-state index < -0.39 is 23.8 Å². The highest BCUT2D eigenvalue weighted by atomic mass is 79.9. The van der Waals surface area contributed by atoms with Crippen molar-refractivity contribution in [3.63, 3.8) is 0 Å². The summed E-state index contributed by atoms with van der Waals surface area (Å²) in [5, 5.41) is 14.4. The van der Waals surface area contributed by atoms with Gasteiger partial charge in [0.25, 0.3) is 11.8 Å². The minimum atomic E-state index is -1.14. The molecule has 0 radical (unpaired) electrons. The van der Waals surface area contributed by atoms with E-state index >= 15 is 0 Å². The fourth-order valence-corrected chi connectivity index (χ4v) is 2.66. The van der Waals surface area contributed by atoms with Gasteiger partial charge in [-0.25, -0.2) is 4.79 Å². The van der Waals surface area contributed by atoms with Crippen LogP contribution in [0.3, 0.4) is 0 Å². The first kappa shape index (κ1) is 21.4. The number of carboxylic acids is 1. The lowest BCUT2D eigenvalue weighted by atomic mass is 10.0. The van der Waals surface area contributed by atoms with Gasteiger partial charge in [-0.15, -0.1) is 0 Å². The van der Waals surface area contributed by atoms with Crippen LogP contribution in [0.15, 0.2) is 64.8 Å². The van der Waals surface area contributed by atoms with Gasteiger partial charge in [0, 0.05) is 10.0 Å². The molecule has 1 atom stereocenters. The van der Waals surface area contributed by atoms with Gasteiger partial charge in [0.05, 0.1) is 0 Å². The molecule has 0 aromatic heterocycles. The Morgan fingerprint density at radius 3 is 2.14 bits per heavy atom. The molecule has 2 aromatic carbocycles. The van der Waals surface area contributed by atoms with Crippen LogP contribution in [-0.2, 0) is 9.59 Å². The van der Waals surface area contributed by atoms with Gasteiger partial charge < -0.3 is 15.7 Å². The van der Waals surface area contributed by atoms with Crippen molar-refractivity contribution in [1.82, 2.24) is 10.6 Å². The van der Waals surface area contributed by atoms with Crippen LogP contribution in [0.1, 0.15) is 29.8 Å². The summed E-state index contributed by atoms with van der Waals surface area (Å²) >= 11 is 3.34. The van der Waals surface area contributed by atoms with Crippen molar-refractivity contribution in [3.05, 3.63) is 75.9 Å². The molecule has 0 aliphatic heterocycles. The molecule has 2 amide bonds. The number of carbonyl (C=O) groups is 3. The maximum Gasteiger partial charge on any atom is 0.326 e. The van der Waals surface area contributed by atoms with E-state index in [1.165, 1.54) is 6.08 Å². The number of hydrogen-bond acceptors (Lipinski definition) is 3. The van der Waals surface area contributed by atoms with E-state index in [4.69, 9.17) is 0 Å². The van der Waals surface area contributed by atoms with Crippen molar-refractivity contribution in [1.29, 1.82) is 0 Å². The van der Waals surface area contributed by atoms with Crippen LogP contribution >= 0.6 is 15.9 Å². The van der Waals surface area contributed by atoms with E-state index in [0.717, 1.165) is 4.47 Å². The lowest BCUT2D eigenvalue weighted by Crippen LogP contribution is -2.47. The molecule has 2 aromatic rings. The molecule has 0 fully saturated rings. The van der Waals surface area contributed by atoms with Crippen molar-refractivity contribution in [2.24, 2.45) is 5.92 Å². The monoisotopic (exact) mass is 444 g/mol. The summed E-state index contributed by atoms with van der Waals surface area (Å²) in [6.45, 7) is 3.39. The predicted molar refractivity (Wildman–Crippen MR) is 110 cm³/mol. The third kappa shape index (κ3) is 6.06. The van der Waals surface area contributed by atoms with Gasteiger partial charge >= 0.3 is 5.97 Å². The zero-order valence-electron chi connectivity index (χ0n) is 15.5. The maximum atomic E-state index is 12.7. The van der Waals surface area contributed by atoms with Gasteiger partial charge in [-0.2, -0.15) is 0 Å². The number of rotatable bonds is 7. The average molecular weight is 445 g/mol. The van der Waals surface area contributed by atoms with Crippen LogP contribution in [0.4, 0.5) is 0 Å². The Morgan fingerprint density at radius 1 is 1.00 bits per heavy atom. The van der Waals surface area contributed by atoms with Crippen LogP contribution in [0.5, 0.6) is 0 Å². The first-order chi connectivity index (χ1) is 13.3. The Morgan fingerprint density at radius 2 is 1.61 bits per heavy atom. The topological polar surface area (TPSA) is 95.5 Å². The van der Waals surface area contributed by atoms with Crippen molar-refractivity contribution < 1.29 is 19.5 Å². The van der Waals surface area contributed by atoms with Crippen molar-refractivity contribution in [2.45, 2.75) is 19.9 Å². The van der Waals surface area contributed by atoms with Crippen LogP contribution in [0, 0.1) is 5.92 Å². The van der Waals surface area contributed by atoms with E-state index in [9.17, 15) is 19.5 Å². The fraction of sp³-hybridized carbons (Fsp3) is 0.190. The smallest absolute Gasteiger partial charge is 0.326 e. The van der Waals surface area contributed by atoms with Crippen molar-refractivity contribution in [3.8, 4) is 0 Å². The summed E-state index contributed by atoms with van der Waals surface area (Å²) in [4.78, 5) is 36.6. The SMILES string of the molecule is CC(C)C(NC(=O)C(=Cc1ccc(Br)cc1)NC(=O)c1ccccc1)C(=O)O. The highest BCUT2D eigenvalue weighted by Crippen LogP contribution is 2.14. The summed E-state index contributed by atoms with van der Waals surface area (Å²) in [6.07, 6.45) is 1.50. The van der Waals surface area contributed by atoms with Gasteiger partial charge in [0.1, 0.15) is 11.7 Å². The quantitative estimate of drug-likeness (QED) is 0.569. The first-order valence-electron chi connectivity index (χ1n) is 8.65. The summed E-state index contributed by atoms with van der Waals surface area (Å²) in [5.41, 5.74) is 1.02. The van der Waals surface area contributed by atoms with Crippen LogP contribution < -0.4 is 10.6 Å². The van der Waals surface area contributed by atoms with Crippen LogP contribution in [-0.4, -0.2) is 28.9 Å². The normalized spacial score (nSPS) is 12.4. The first-order valence-corrected chi connectivity index (χ1v) is 9.44. The summed E-state index contributed by atoms with van der Waals surface area (Å²) in [7, 11) is 0. The molecule has 0 spiro atoms. The van der Waals surface area contributed by atoms with E-state index in [1.54, 1.807) is 68.4 Å². The second-order valence-corrected chi connectivity index (χ2v) is 7.38. The Hall–Kier alpha value is -2.93. The number of carbonyl (C=O) groups excluding carboxylic acids is 2. The van der Waals surface area contributed by atoms with Crippen LogP contribution in [0.25, 0.3) is 6.08 Å². The molecule has 7 heteroatoms. The minimum Gasteiger partial charge on any atom is -0.480 e. The molecule has 2 rings (SSSR count). The molecule has 0 aliphatic rings. The number of halogens is 1. The van der Waals surface area contributed by atoms with E-state index in [1.807, 2.05) is 0 Å². The molecule has 28 heavy (non-hydrogen) atoms. The largest absolute Gasteiger partial charge is 0.480 e. The third-order valence-corrected chi connectivity index (χ3v) is 4.46. The number of carboxylic acid groups (broad SMARTS) is 1. The number of amides is 2. The van der Waals surface area contributed by atoms with E-state index in [0.29, 0.717) is 11.1 Å². The molecule has 3 N–H and O–H groups in total. The average Bonchev–Trinajstić information content (AvgIpc) is 2.67. The molecule has 0 aliphatic carbocycles. The zero-order chi connectivity index (χ0) is 20.7. The molecule has 0 heterocycles. The second-order valence-electron chi connectivity index (χ2n) is 6.46. The lowest BCUT2D eigenvalue weighted by Gasteiger charge is -2.19. The molecule has 0 saturated heterocycles. The molecule has 0 bridgehead atoms. The predicted octanol–water partition coefficient (Wildman–Crippen LogP) is 3.45. The molecular formula is C21H21BrN2O4. The van der Waals surface area contributed by atoms with E-state index in [2.05, 4.69) is 26.6 Å². The van der Waals surface area contributed by atoms with Gasteiger partial charge in [-0.3, -0.25) is 9.59 Å². The number of nitrogens with one attached hydrogen (secondary N) is 2. The molecular weight excluding hydrogens is 424 g/mol. The van der Waals surface area contributed by atoms with Crippen molar-refractivity contribution >= 4 is 39.8 Å². The Kier molecular flexibility index (Phi) is 7.52. The van der Waals surface area contributed by atoms with Crippen molar-refractivity contribution in [2.75, 3.05) is 0 Å². The zero-order valence-corrected chi connectivity index (χ0v) is 17.1. The van der Waals surface area contributed by atoms with Gasteiger partial charge in [0.15, 0.2) is 0 Å². The minimum absolute atomic E-state index is 0.0388. The Labute approximate surface area is 171 Å². The maximum absolute atomic E-state index is 12.7.